The van der Waals surface area contributed by atoms with Crippen LogP contribution in [0.1, 0.15) is 39.2 Å². The van der Waals surface area contributed by atoms with E-state index in [4.69, 9.17) is 0 Å². The maximum absolute atomic E-state index is 4.38. The molecule has 1 aromatic heterocycles. The molecule has 1 fully saturated rings. The zero-order valence-electron chi connectivity index (χ0n) is 9.90. The maximum Gasteiger partial charge on any atom is 0.0677 e. The second-order valence-electron chi connectivity index (χ2n) is 5.20. The van der Waals surface area contributed by atoms with Crippen LogP contribution in [0, 0.1) is 5.41 Å². The molecule has 0 spiro atoms. The first-order valence-electron chi connectivity index (χ1n) is 5.81. The minimum absolute atomic E-state index is 0.365. The predicted molar refractivity (Wildman–Crippen MR) is 61.7 cm³/mol. The number of likely N-dealkylation sites (N-methyl/N-ethyl adjacent to an activating group) is 1. The molecule has 1 aliphatic carbocycles. The molecule has 3 nitrogen and oxygen atoms in total. The number of nitrogens with zero attached hydrogens (tertiary/aromatic N) is 2. The normalized spacial score (nSPS) is 30.3. The monoisotopic (exact) mass is 207 g/mol. The number of aromatic nitrogens is 2. The van der Waals surface area contributed by atoms with Crippen LogP contribution in [0.3, 0.4) is 0 Å². The smallest absolute Gasteiger partial charge is 0.0677 e. The van der Waals surface area contributed by atoms with Gasteiger partial charge in [-0.1, -0.05) is 20.3 Å². The largest absolute Gasteiger partial charge is 0.314 e. The zero-order valence-corrected chi connectivity index (χ0v) is 9.90. The lowest BCUT2D eigenvalue weighted by Gasteiger charge is -2.43. The van der Waals surface area contributed by atoms with Crippen LogP contribution in [-0.2, 0) is 0 Å². The summed E-state index contributed by atoms with van der Waals surface area (Å²) in [5.74, 6) is 0. The highest BCUT2D eigenvalue weighted by Gasteiger charge is 2.38. The van der Waals surface area contributed by atoms with E-state index >= 15 is 0 Å². The van der Waals surface area contributed by atoms with Crippen LogP contribution < -0.4 is 5.32 Å². The average molecular weight is 207 g/mol. The summed E-state index contributed by atoms with van der Waals surface area (Å²) in [7, 11) is 2.06. The lowest BCUT2D eigenvalue weighted by atomic mass is 9.71. The van der Waals surface area contributed by atoms with Crippen molar-refractivity contribution in [3.8, 4) is 0 Å². The van der Waals surface area contributed by atoms with E-state index in [1.165, 1.54) is 19.3 Å². The van der Waals surface area contributed by atoms with Gasteiger partial charge in [-0.3, -0.25) is 4.68 Å². The van der Waals surface area contributed by atoms with Crippen molar-refractivity contribution in [3.63, 3.8) is 0 Å². The molecule has 2 unspecified atom stereocenters. The van der Waals surface area contributed by atoms with Gasteiger partial charge in [0.15, 0.2) is 0 Å². The van der Waals surface area contributed by atoms with Gasteiger partial charge >= 0.3 is 0 Å². The Kier molecular flexibility index (Phi) is 2.83. The first kappa shape index (κ1) is 10.7. The lowest BCUT2D eigenvalue weighted by molar-refractivity contribution is 0.112. The second-order valence-corrected chi connectivity index (χ2v) is 5.20. The number of hydrogen-bond acceptors (Lipinski definition) is 2. The van der Waals surface area contributed by atoms with Crippen molar-refractivity contribution in [2.75, 3.05) is 7.05 Å². The Hall–Kier alpha value is -0.830. The molecule has 0 radical (unpaired) electrons. The van der Waals surface area contributed by atoms with Gasteiger partial charge in [0.1, 0.15) is 0 Å². The van der Waals surface area contributed by atoms with E-state index in [1.54, 1.807) is 0 Å². The molecule has 2 rings (SSSR count). The molecule has 0 aromatic carbocycles. The van der Waals surface area contributed by atoms with E-state index < -0.39 is 0 Å². The van der Waals surface area contributed by atoms with Crippen LogP contribution in [0.15, 0.2) is 18.5 Å². The number of hydrogen-bond donors (Lipinski definition) is 1. The van der Waals surface area contributed by atoms with Crippen molar-refractivity contribution in [3.05, 3.63) is 18.5 Å². The van der Waals surface area contributed by atoms with Gasteiger partial charge in [-0.15, -0.1) is 0 Å². The molecule has 0 bridgehead atoms. The van der Waals surface area contributed by atoms with Crippen LogP contribution in [0.2, 0.25) is 0 Å². The van der Waals surface area contributed by atoms with E-state index in [0.717, 1.165) is 0 Å². The van der Waals surface area contributed by atoms with Gasteiger partial charge in [0.2, 0.25) is 0 Å². The molecule has 0 aliphatic heterocycles. The van der Waals surface area contributed by atoms with Gasteiger partial charge < -0.3 is 5.32 Å². The first-order valence-corrected chi connectivity index (χ1v) is 5.81. The van der Waals surface area contributed by atoms with E-state index in [2.05, 4.69) is 42.2 Å². The Balaban J connectivity index is 2.23. The van der Waals surface area contributed by atoms with Gasteiger partial charge in [-0.25, -0.2) is 0 Å². The predicted octanol–water partition coefficient (Wildman–Crippen LogP) is 2.22. The molecular weight excluding hydrogens is 186 g/mol. The average Bonchev–Trinajstić information content (AvgIpc) is 2.68. The van der Waals surface area contributed by atoms with E-state index in [-0.39, 0.29) is 0 Å². The molecule has 1 aliphatic rings. The number of rotatable bonds is 2. The summed E-state index contributed by atoms with van der Waals surface area (Å²) in [4.78, 5) is 0. The fourth-order valence-electron chi connectivity index (χ4n) is 2.95. The molecule has 2 atom stereocenters. The quantitative estimate of drug-likeness (QED) is 0.806. The third-order valence-electron chi connectivity index (χ3n) is 3.72. The minimum Gasteiger partial charge on any atom is -0.314 e. The molecular formula is C12H21N3. The van der Waals surface area contributed by atoms with Crippen molar-refractivity contribution >= 4 is 0 Å². The molecule has 15 heavy (non-hydrogen) atoms. The van der Waals surface area contributed by atoms with Crippen LogP contribution >= 0.6 is 0 Å². The summed E-state index contributed by atoms with van der Waals surface area (Å²) in [5.41, 5.74) is 0.365. The van der Waals surface area contributed by atoms with Gasteiger partial charge in [-0.2, -0.15) is 5.10 Å². The SMILES string of the molecule is CNC1C(n2cccn2)CCCC1(C)C. The van der Waals surface area contributed by atoms with E-state index in [1.807, 2.05) is 12.3 Å². The molecule has 1 saturated carbocycles. The summed E-state index contributed by atoms with van der Waals surface area (Å²) >= 11 is 0. The van der Waals surface area contributed by atoms with Crippen molar-refractivity contribution in [2.45, 2.75) is 45.2 Å². The highest BCUT2D eigenvalue weighted by atomic mass is 15.3. The molecule has 1 aromatic rings. The third-order valence-corrected chi connectivity index (χ3v) is 3.72. The Morgan fingerprint density at radius 2 is 2.27 bits per heavy atom. The maximum atomic E-state index is 4.38. The van der Waals surface area contributed by atoms with Gasteiger partial charge in [0, 0.05) is 18.4 Å². The first-order chi connectivity index (χ1) is 7.15. The fraction of sp³-hybridized carbons (Fsp3) is 0.750. The third kappa shape index (κ3) is 1.93. The molecule has 1 heterocycles. The highest BCUT2D eigenvalue weighted by molar-refractivity contribution is 4.96. The molecule has 3 heteroatoms. The van der Waals surface area contributed by atoms with Gasteiger partial charge in [-0.05, 0) is 31.4 Å². The van der Waals surface area contributed by atoms with E-state index in [0.29, 0.717) is 17.5 Å². The van der Waals surface area contributed by atoms with Crippen LogP contribution in [0.4, 0.5) is 0 Å². The van der Waals surface area contributed by atoms with E-state index in [9.17, 15) is 0 Å². The second kappa shape index (κ2) is 3.97. The summed E-state index contributed by atoms with van der Waals surface area (Å²) < 4.78 is 2.11. The highest BCUT2D eigenvalue weighted by Crippen LogP contribution is 2.40. The fourth-order valence-corrected chi connectivity index (χ4v) is 2.95. The van der Waals surface area contributed by atoms with Crippen LogP contribution in [-0.4, -0.2) is 22.9 Å². The van der Waals surface area contributed by atoms with Crippen molar-refractivity contribution in [1.29, 1.82) is 0 Å². The minimum atomic E-state index is 0.365. The number of nitrogens with one attached hydrogen (secondary N) is 1. The van der Waals surface area contributed by atoms with Crippen molar-refractivity contribution in [2.24, 2.45) is 5.41 Å². The Morgan fingerprint density at radius 3 is 2.87 bits per heavy atom. The summed E-state index contributed by atoms with van der Waals surface area (Å²) in [6.45, 7) is 4.70. The standard InChI is InChI=1S/C12H21N3/c1-12(2)7-4-6-10(11(12)13-3)15-9-5-8-14-15/h5,8-11,13H,4,6-7H2,1-3H3. The van der Waals surface area contributed by atoms with Crippen molar-refractivity contribution in [1.82, 2.24) is 15.1 Å². The summed E-state index contributed by atoms with van der Waals surface area (Å²) in [6, 6.07) is 3.04. The Bertz CT molecular complexity index is 303. The zero-order chi connectivity index (χ0) is 10.9. The van der Waals surface area contributed by atoms with Crippen LogP contribution in [0.5, 0.6) is 0 Å². The lowest BCUT2D eigenvalue weighted by Crippen LogP contribution is -2.49. The van der Waals surface area contributed by atoms with Gasteiger partial charge in [0.25, 0.3) is 0 Å². The molecule has 0 saturated heterocycles. The summed E-state index contributed by atoms with van der Waals surface area (Å²) in [5, 5.41) is 7.85. The Labute approximate surface area is 91.9 Å². The molecule has 0 amide bonds. The van der Waals surface area contributed by atoms with Gasteiger partial charge in [0.05, 0.1) is 6.04 Å². The summed E-state index contributed by atoms with van der Waals surface area (Å²) in [6.07, 6.45) is 7.79. The molecule has 1 N–H and O–H groups in total. The topological polar surface area (TPSA) is 29.9 Å². The van der Waals surface area contributed by atoms with Crippen LogP contribution in [0.25, 0.3) is 0 Å². The van der Waals surface area contributed by atoms with Crippen molar-refractivity contribution < 1.29 is 0 Å². The molecule has 84 valence electrons. The Morgan fingerprint density at radius 1 is 1.47 bits per heavy atom.